The maximum Gasteiger partial charge on any atom is 0.328 e. The highest BCUT2D eigenvalue weighted by Crippen LogP contribution is 2.37. The van der Waals surface area contributed by atoms with Crippen LogP contribution in [0.4, 0.5) is 5.82 Å². The third-order valence-electron chi connectivity index (χ3n) is 5.71. The van der Waals surface area contributed by atoms with E-state index in [2.05, 4.69) is 77.8 Å². The molecule has 0 aliphatic carbocycles. The summed E-state index contributed by atoms with van der Waals surface area (Å²) in [6.45, 7) is 3.93. The summed E-state index contributed by atoms with van der Waals surface area (Å²) in [4.78, 5) is 14.6. The van der Waals surface area contributed by atoms with E-state index in [9.17, 15) is 4.79 Å². The predicted octanol–water partition coefficient (Wildman–Crippen LogP) is 3.61. The molecule has 2 N–H and O–H groups in total. The molecule has 4 rings (SSSR count). The quantitative estimate of drug-likeness (QED) is 0.450. The smallest absolute Gasteiger partial charge is 0.328 e. The zero-order valence-corrected chi connectivity index (χ0v) is 18.9. The van der Waals surface area contributed by atoms with Crippen molar-refractivity contribution < 1.29 is 0 Å². The Morgan fingerprint density at radius 1 is 1.03 bits per heavy atom. The maximum absolute atomic E-state index is 12.4. The Kier molecular flexibility index (Phi) is 5.69. The van der Waals surface area contributed by atoms with E-state index in [1.807, 2.05) is 13.1 Å². The van der Waals surface area contributed by atoms with E-state index >= 15 is 0 Å². The van der Waals surface area contributed by atoms with Crippen LogP contribution in [0.15, 0.2) is 47.3 Å². The molecule has 31 heavy (non-hydrogen) atoms. The summed E-state index contributed by atoms with van der Waals surface area (Å²) in [5.74, 6) is 0.829. The van der Waals surface area contributed by atoms with Gasteiger partial charge in [0.15, 0.2) is 5.82 Å². The summed E-state index contributed by atoms with van der Waals surface area (Å²) in [5, 5.41) is 11.4. The fourth-order valence-electron chi connectivity index (χ4n) is 4.02. The van der Waals surface area contributed by atoms with Gasteiger partial charge < -0.3 is 10.2 Å². The lowest BCUT2D eigenvalue weighted by Gasteiger charge is -2.12. The van der Waals surface area contributed by atoms with Crippen LogP contribution in [0.3, 0.4) is 0 Å². The van der Waals surface area contributed by atoms with Crippen LogP contribution in [-0.4, -0.2) is 51.4 Å². The first-order valence-electron chi connectivity index (χ1n) is 10.6. The van der Waals surface area contributed by atoms with Gasteiger partial charge in [0, 0.05) is 26.2 Å². The van der Waals surface area contributed by atoms with Crippen molar-refractivity contribution in [3.05, 3.63) is 58.5 Å². The normalized spacial score (nSPS) is 11.5. The van der Waals surface area contributed by atoms with E-state index in [-0.39, 0.29) is 5.69 Å². The molecule has 0 aliphatic heterocycles. The fourth-order valence-corrected chi connectivity index (χ4v) is 4.02. The summed E-state index contributed by atoms with van der Waals surface area (Å²) in [6.07, 6.45) is 1.02. The highest BCUT2D eigenvalue weighted by molar-refractivity contribution is 5.92. The van der Waals surface area contributed by atoms with Gasteiger partial charge in [-0.25, -0.2) is 4.79 Å². The number of hydrogen-bond donors (Lipinski definition) is 2. The molecular weight excluding hydrogens is 388 g/mol. The molecular formula is C24H30N6O. The molecule has 7 nitrogen and oxygen atoms in total. The lowest BCUT2D eigenvalue weighted by Crippen LogP contribution is -2.19. The predicted molar refractivity (Wildman–Crippen MR) is 128 cm³/mol. The van der Waals surface area contributed by atoms with Crippen molar-refractivity contribution in [1.82, 2.24) is 24.2 Å². The SMILES string of the molecule is Cc1cccc(-c2[nH]nc(NCCCN(C)C)c2-c2ccc3c(c2)n(C)c(=O)n3C)c1. The van der Waals surface area contributed by atoms with Crippen LogP contribution in [-0.2, 0) is 14.1 Å². The van der Waals surface area contributed by atoms with Crippen LogP contribution in [0.1, 0.15) is 12.0 Å². The molecule has 0 saturated heterocycles. The first-order chi connectivity index (χ1) is 14.9. The van der Waals surface area contributed by atoms with E-state index in [4.69, 9.17) is 0 Å². The van der Waals surface area contributed by atoms with Gasteiger partial charge in [0.05, 0.1) is 22.3 Å². The molecule has 0 saturated carbocycles. The number of fused-ring (bicyclic) bond motifs is 1. The average molecular weight is 419 g/mol. The van der Waals surface area contributed by atoms with Crippen molar-refractivity contribution in [1.29, 1.82) is 0 Å². The van der Waals surface area contributed by atoms with Gasteiger partial charge in [0.1, 0.15) is 0 Å². The second-order valence-electron chi connectivity index (χ2n) is 8.38. The first kappa shape index (κ1) is 20.9. The lowest BCUT2D eigenvalue weighted by atomic mass is 9.99. The van der Waals surface area contributed by atoms with E-state index in [0.717, 1.165) is 58.7 Å². The Morgan fingerprint density at radius 2 is 1.81 bits per heavy atom. The lowest BCUT2D eigenvalue weighted by molar-refractivity contribution is 0.405. The van der Waals surface area contributed by atoms with Crippen molar-refractivity contribution in [2.45, 2.75) is 13.3 Å². The van der Waals surface area contributed by atoms with Gasteiger partial charge in [-0.3, -0.25) is 14.2 Å². The van der Waals surface area contributed by atoms with Gasteiger partial charge in [0.25, 0.3) is 0 Å². The number of aromatic nitrogens is 4. The van der Waals surface area contributed by atoms with Crippen LogP contribution in [0, 0.1) is 6.92 Å². The van der Waals surface area contributed by atoms with Crippen molar-refractivity contribution in [2.24, 2.45) is 14.1 Å². The van der Waals surface area contributed by atoms with Crippen LogP contribution in [0.5, 0.6) is 0 Å². The molecule has 4 aromatic rings. The summed E-state index contributed by atoms with van der Waals surface area (Å²) in [7, 11) is 7.77. The van der Waals surface area contributed by atoms with Gasteiger partial charge in [-0.1, -0.05) is 29.8 Å². The highest BCUT2D eigenvalue weighted by Gasteiger charge is 2.18. The Hall–Kier alpha value is -3.32. The van der Waals surface area contributed by atoms with E-state index in [1.54, 1.807) is 16.2 Å². The third-order valence-corrected chi connectivity index (χ3v) is 5.71. The molecule has 0 fully saturated rings. The number of nitrogens with zero attached hydrogens (tertiary/aromatic N) is 4. The number of aromatic amines is 1. The molecule has 0 radical (unpaired) electrons. The van der Waals surface area contributed by atoms with Gasteiger partial charge in [-0.2, -0.15) is 5.10 Å². The minimum absolute atomic E-state index is 0.0275. The van der Waals surface area contributed by atoms with E-state index in [0.29, 0.717) is 0 Å². The molecule has 7 heteroatoms. The number of rotatable bonds is 7. The number of H-pyrrole nitrogens is 1. The fraction of sp³-hybridized carbons (Fsp3) is 0.333. The van der Waals surface area contributed by atoms with Gasteiger partial charge in [-0.15, -0.1) is 0 Å². The van der Waals surface area contributed by atoms with Crippen molar-refractivity contribution in [3.8, 4) is 22.4 Å². The zero-order chi connectivity index (χ0) is 22.1. The number of anilines is 1. The van der Waals surface area contributed by atoms with Crippen molar-refractivity contribution in [2.75, 3.05) is 32.5 Å². The molecule has 2 aromatic heterocycles. The number of imidazole rings is 1. The molecule has 0 amide bonds. The minimum atomic E-state index is -0.0275. The van der Waals surface area contributed by atoms with Gasteiger partial charge >= 0.3 is 5.69 Å². The Bertz CT molecular complexity index is 1280. The Balaban J connectivity index is 1.82. The second-order valence-corrected chi connectivity index (χ2v) is 8.38. The standard InChI is InChI=1S/C24H30N6O/c1-16-8-6-9-18(14-16)22-21(23(27-26-22)25-12-7-13-28(2)3)17-10-11-19-20(15-17)30(5)24(31)29(19)4/h6,8-11,14-15H,7,12-13H2,1-5H3,(H2,25,26,27). The zero-order valence-electron chi connectivity index (χ0n) is 18.9. The maximum atomic E-state index is 12.4. The molecule has 0 bridgehead atoms. The van der Waals surface area contributed by atoms with Crippen LogP contribution in [0.2, 0.25) is 0 Å². The molecule has 2 aromatic carbocycles. The first-order valence-corrected chi connectivity index (χ1v) is 10.6. The molecule has 162 valence electrons. The Morgan fingerprint density at radius 3 is 2.55 bits per heavy atom. The van der Waals surface area contributed by atoms with Crippen LogP contribution in [0.25, 0.3) is 33.4 Å². The highest BCUT2D eigenvalue weighted by atomic mass is 16.1. The Labute approximate surface area is 182 Å². The number of aryl methyl sites for hydroxylation is 3. The van der Waals surface area contributed by atoms with Crippen LogP contribution >= 0.6 is 0 Å². The molecule has 0 spiro atoms. The average Bonchev–Trinajstić information content (AvgIpc) is 3.26. The summed E-state index contributed by atoms with van der Waals surface area (Å²) >= 11 is 0. The summed E-state index contributed by atoms with van der Waals surface area (Å²) in [6, 6.07) is 14.5. The molecule has 0 atom stereocenters. The minimum Gasteiger partial charge on any atom is -0.368 e. The van der Waals surface area contributed by atoms with Crippen molar-refractivity contribution >= 4 is 16.9 Å². The van der Waals surface area contributed by atoms with Gasteiger partial charge in [-0.05, 0) is 57.7 Å². The molecule has 2 heterocycles. The van der Waals surface area contributed by atoms with Crippen LogP contribution < -0.4 is 11.0 Å². The monoisotopic (exact) mass is 418 g/mol. The van der Waals surface area contributed by atoms with Gasteiger partial charge in [0.2, 0.25) is 0 Å². The number of hydrogen-bond acceptors (Lipinski definition) is 4. The largest absolute Gasteiger partial charge is 0.368 e. The molecule has 0 aliphatic rings. The van der Waals surface area contributed by atoms with E-state index < -0.39 is 0 Å². The second kappa shape index (κ2) is 8.43. The number of nitrogens with one attached hydrogen (secondary N) is 2. The summed E-state index contributed by atoms with van der Waals surface area (Å²) < 4.78 is 3.37. The summed E-state index contributed by atoms with van der Waals surface area (Å²) in [5.41, 5.74) is 7.09. The van der Waals surface area contributed by atoms with E-state index in [1.165, 1.54) is 5.56 Å². The van der Waals surface area contributed by atoms with Crippen molar-refractivity contribution in [3.63, 3.8) is 0 Å². The topological polar surface area (TPSA) is 70.9 Å². The third kappa shape index (κ3) is 4.01. The number of benzene rings is 2. The molecule has 0 unspecified atom stereocenters.